The lowest BCUT2D eigenvalue weighted by atomic mass is 9.81. The van der Waals surface area contributed by atoms with Gasteiger partial charge in [0.25, 0.3) is 0 Å². The van der Waals surface area contributed by atoms with Crippen LogP contribution >= 0.6 is 0 Å². The van der Waals surface area contributed by atoms with E-state index in [1.807, 2.05) is 18.2 Å². The predicted molar refractivity (Wildman–Crippen MR) is 106 cm³/mol. The molecule has 0 heterocycles. The van der Waals surface area contributed by atoms with Gasteiger partial charge in [0.1, 0.15) is 0 Å². The summed E-state index contributed by atoms with van der Waals surface area (Å²) in [4.78, 5) is 15.8. The Morgan fingerprint density at radius 3 is 2.04 bits per heavy atom. The smallest absolute Gasteiger partial charge is 0.196 e. The maximum atomic E-state index is 13.4. The van der Waals surface area contributed by atoms with E-state index in [0.717, 1.165) is 38.7 Å². The minimum Gasteiger partial charge on any atom is -0.366 e. The number of hydrogen-bond donors (Lipinski definition) is 0. The first-order valence-electron chi connectivity index (χ1n) is 8.99. The molecule has 0 aliphatic heterocycles. The fourth-order valence-corrected chi connectivity index (χ4v) is 4.24. The van der Waals surface area contributed by atoms with Crippen molar-refractivity contribution in [1.29, 1.82) is 0 Å². The van der Waals surface area contributed by atoms with E-state index in [2.05, 4.69) is 69.0 Å². The summed E-state index contributed by atoms with van der Waals surface area (Å²) in [6.45, 7) is 8.74. The molecule has 0 radical (unpaired) electrons. The Labute approximate surface area is 149 Å². The largest absolute Gasteiger partial charge is 0.366 e. The van der Waals surface area contributed by atoms with Crippen LogP contribution in [0.4, 0.5) is 5.69 Å². The molecule has 0 N–H and O–H groups in total. The summed E-state index contributed by atoms with van der Waals surface area (Å²) in [5.74, 6) is 0.140. The van der Waals surface area contributed by atoms with Gasteiger partial charge in [-0.1, -0.05) is 48.5 Å². The number of ketones is 1. The molecule has 3 aromatic rings. The summed E-state index contributed by atoms with van der Waals surface area (Å²) in [7, 11) is 0. The van der Waals surface area contributed by atoms with Gasteiger partial charge in [0, 0.05) is 28.7 Å². The molecule has 4 rings (SSSR count). The molecule has 0 atom stereocenters. The highest BCUT2D eigenvalue weighted by atomic mass is 16.1. The normalized spacial score (nSPS) is 12.8. The summed E-state index contributed by atoms with van der Waals surface area (Å²) >= 11 is 0. The summed E-state index contributed by atoms with van der Waals surface area (Å²) in [5, 5.41) is 2.22. The molecule has 1 aliphatic rings. The van der Waals surface area contributed by atoms with E-state index in [4.69, 9.17) is 0 Å². The highest BCUT2D eigenvalue weighted by Crippen LogP contribution is 2.43. The van der Waals surface area contributed by atoms with Crippen LogP contribution in [-0.2, 0) is 0 Å². The minimum atomic E-state index is 0.140. The van der Waals surface area contributed by atoms with Gasteiger partial charge in [-0.2, -0.15) is 0 Å². The molecule has 2 nitrogen and oxygen atoms in total. The average molecular weight is 329 g/mol. The Morgan fingerprint density at radius 1 is 0.720 bits per heavy atom. The molecule has 0 bridgehead atoms. The van der Waals surface area contributed by atoms with Crippen molar-refractivity contribution >= 4 is 22.2 Å². The molecule has 0 aromatic heterocycles. The Bertz CT molecular complexity index is 977. The van der Waals surface area contributed by atoms with Crippen molar-refractivity contribution in [1.82, 2.24) is 0 Å². The Balaban J connectivity index is 2.13. The van der Waals surface area contributed by atoms with Gasteiger partial charge in [0.2, 0.25) is 0 Å². The first-order valence-corrected chi connectivity index (χ1v) is 8.99. The van der Waals surface area contributed by atoms with E-state index in [0.29, 0.717) is 12.1 Å². The van der Waals surface area contributed by atoms with Crippen molar-refractivity contribution in [3.8, 4) is 11.1 Å². The van der Waals surface area contributed by atoms with Gasteiger partial charge >= 0.3 is 0 Å². The number of carbonyl (C=O) groups is 1. The third-order valence-corrected chi connectivity index (χ3v) is 5.10. The van der Waals surface area contributed by atoms with Crippen molar-refractivity contribution in [2.45, 2.75) is 39.8 Å². The van der Waals surface area contributed by atoms with Gasteiger partial charge in [-0.25, -0.2) is 0 Å². The predicted octanol–water partition coefficient (Wildman–Crippen LogP) is 5.67. The van der Waals surface area contributed by atoms with Gasteiger partial charge in [-0.3, -0.25) is 4.79 Å². The lowest BCUT2D eigenvalue weighted by molar-refractivity contribution is 0.104. The van der Waals surface area contributed by atoms with E-state index in [9.17, 15) is 4.79 Å². The van der Waals surface area contributed by atoms with Gasteiger partial charge in [-0.05, 0) is 50.3 Å². The van der Waals surface area contributed by atoms with Crippen molar-refractivity contribution < 1.29 is 4.79 Å². The molecule has 126 valence electrons. The van der Waals surface area contributed by atoms with Crippen LogP contribution in [0.25, 0.3) is 21.9 Å². The molecule has 25 heavy (non-hydrogen) atoms. The molecule has 3 aromatic carbocycles. The zero-order valence-corrected chi connectivity index (χ0v) is 15.2. The maximum absolute atomic E-state index is 13.4. The summed E-state index contributed by atoms with van der Waals surface area (Å²) in [5.41, 5.74) is 4.92. The van der Waals surface area contributed by atoms with Crippen LogP contribution in [0.1, 0.15) is 43.6 Å². The van der Waals surface area contributed by atoms with Crippen molar-refractivity contribution in [2.75, 3.05) is 4.90 Å². The lowest BCUT2D eigenvalue weighted by Gasteiger charge is -2.36. The molecule has 1 aliphatic carbocycles. The van der Waals surface area contributed by atoms with Gasteiger partial charge in [-0.15, -0.1) is 0 Å². The van der Waals surface area contributed by atoms with E-state index >= 15 is 0 Å². The first kappa shape index (κ1) is 15.9. The molecular weight excluding hydrogens is 306 g/mol. The zero-order valence-electron chi connectivity index (χ0n) is 15.2. The molecule has 0 saturated heterocycles. The number of hydrogen-bond acceptors (Lipinski definition) is 2. The average Bonchev–Trinajstić information content (AvgIpc) is 2.59. The van der Waals surface area contributed by atoms with Crippen LogP contribution in [0, 0.1) is 0 Å². The second-order valence-electron chi connectivity index (χ2n) is 7.33. The quantitative estimate of drug-likeness (QED) is 0.482. The number of anilines is 1. The molecule has 0 amide bonds. The minimum absolute atomic E-state index is 0.140. The van der Waals surface area contributed by atoms with Crippen molar-refractivity contribution in [3.63, 3.8) is 0 Å². The molecule has 0 fully saturated rings. The lowest BCUT2D eigenvalue weighted by Crippen LogP contribution is -2.38. The van der Waals surface area contributed by atoms with Crippen molar-refractivity contribution in [2.24, 2.45) is 0 Å². The molecular formula is C23H23NO. The molecule has 0 unspecified atom stereocenters. The molecule has 0 spiro atoms. The third kappa shape index (κ3) is 2.28. The van der Waals surface area contributed by atoms with E-state index in [1.165, 1.54) is 0 Å². The topological polar surface area (TPSA) is 20.3 Å². The highest BCUT2D eigenvalue weighted by molar-refractivity contribution is 6.28. The maximum Gasteiger partial charge on any atom is 0.196 e. The van der Waals surface area contributed by atoms with E-state index in [-0.39, 0.29) is 5.78 Å². The van der Waals surface area contributed by atoms with Crippen LogP contribution in [0.3, 0.4) is 0 Å². The summed E-state index contributed by atoms with van der Waals surface area (Å²) in [6, 6.07) is 19.2. The SMILES string of the molecule is CC(C)N(c1ccc2cccc3c2c1C(=O)c1ccccc1-3)C(C)C. The van der Waals surface area contributed by atoms with Gasteiger partial charge < -0.3 is 4.90 Å². The first-order chi connectivity index (χ1) is 12.0. The number of fused-ring (bicyclic) bond motifs is 2. The second kappa shape index (κ2) is 5.73. The number of carbonyl (C=O) groups excluding carboxylic acids is 1. The van der Waals surface area contributed by atoms with Crippen LogP contribution < -0.4 is 4.90 Å². The fourth-order valence-electron chi connectivity index (χ4n) is 4.24. The zero-order chi connectivity index (χ0) is 17.7. The fraction of sp³-hybridized carbons (Fsp3) is 0.261. The summed E-state index contributed by atoms with van der Waals surface area (Å²) < 4.78 is 0. The standard InChI is InChI=1S/C23H23NO/c1-14(2)24(15(3)4)20-13-12-16-8-7-11-18-17-9-5-6-10-19(17)23(25)22(20)21(16)18/h5-15H,1-4H3. The highest BCUT2D eigenvalue weighted by Gasteiger charge is 2.30. The molecule has 2 heteroatoms. The number of rotatable bonds is 3. The monoisotopic (exact) mass is 329 g/mol. The molecule has 0 saturated carbocycles. The second-order valence-corrected chi connectivity index (χ2v) is 7.33. The number of benzene rings is 3. The third-order valence-electron chi connectivity index (χ3n) is 5.10. The van der Waals surface area contributed by atoms with Crippen molar-refractivity contribution in [3.05, 3.63) is 65.7 Å². The van der Waals surface area contributed by atoms with Crippen LogP contribution in [0.15, 0.2) is 54.6 Å². The van der Waals surface area contributed by atoms with Gasteiger partial charge in [0.15, 0.2) is 5.78 Å². The van der Waals surface area contributed by atoms with Crippen LogP contribution in [0.2, 0.25) is 0 Å². The Morgan fingerprint density at radius 2 is 1.36 bits per heavy atom. The Hall–Kier alpha value is -2.61. The number of nitrogens with zero attached hydrogens (tertiary/aromatic N) is 1. The Kier molecular flexibility index (Phi) is 3.64. The van der Waals surface area contributed by atoms with Crippen LogP contribution in [0.5, 0.6) is 0 Å². The van der Waals surface area contributed by atoms with E-state index < -0.39 is 0 Å². The summed E-state index contributed by atoms with van der Waals surface area (Å²) in [6.07, 6.45) is 0. The van der Waals surface area contributed by atoms with Crippen LogP contribution in [-0.4, -0.2) is 17.9 Å². The van der Waals surface area contributed by atoms with Gasteiger partial charge in [0.05, 0.1) is 5.56 Å². The van der Waals surface area contributed by atoms with E-state index in [1.54, 1.807) is 0 Å².